The molecule has 0 aliphatic heterocycles. The second-order valence-electron chi connectivity index (χ2n) is 5.58. The summed E-state index contributed by atoms with van der Waals surface area (Å²) in [4.78, 5) is 15.4. The van der Waals surface area contributed by atoms with E-state index in [1.165, 1.54) is 11.1 Å². The van der Waals surface area contributed by atoms with Crippen molar-refractivity contribution in [2.75, 3.05) is 5.32 Å². The molecule has 0 atom stereocenters. The second-order valence-corrected chi connectivity index (χ2v) is 5.99. The van der Waals surface area contributed by atoms with E-state index in [0.717, 1.165) is 16.6 Å². The Morgan fingerprint density at radius 2 is 1.83 bits per heavy atom. The minimum absolute atomic E-state index is 0.253. The molecule has 122 valence electrons. The predicted molar refractivity (Wildman–Crippen MR) is 101 cm³/mol. The Hall–Kier alpha value is -2.86. The molecule has 0 bridgehead atoms. The Kier molecular flexibility index (Phi) is 4.48. The summed E-state index contributed by atoms with van der Waals surface area (Å²) in [7, 11) is 0. The first-order valence-electron chi connectivity index (χ1n) is 7.55. The zero-order chi connectivity index (χ0) is 17.1. The molecule has 3 rings (SSSR count). The first-order valence-corrected chi connectivity index (χ1v) is 7.96. The van der Waals surface area contributed by atoms with Crippen LogP contribution in [0.3, 0.4) is 0 Å². The van der Waals surface area contributed by atoms with Gasteiger partial charge in [-0.3, -0.25) is 15.6 Å². The van der Waals surface area contributed by atoms with Gasteiger partial charge in [-0.2, -0.15) is 0 Å². The quantitative estimate of drug-likeness (QED) is 0.427. The van der Waals surface area contributed by atoms with Gasteiger partial charge in [0.15, 0.2) is 5.11 Å². The standard InChI is InChI=1S/C18H18N4OS/c1-11-7-8-13(9-12(11)2)20-18(24)22-21-17(23)15-10-19-16-6-4-3-5-14(15)16/h3-10,19H,1-2H3,(H,21,23)(H2,20,22,24). The summed E-state index contributed by atoms with van der Waals surface area (Å²) in [6, 6.07) is 13.6. The van der Waals surface area contributed by atoms with Crippen LogP contribution in [0.4, 0.5) is 5.69 Å². The number of nitrogens with one attached hydrogen (secondary N) is 4. The lowest BCUT2D eigenvalue weighted by atomic mass is 10.1. The molecule has 0 aliphatic carbocycles. The number of aromatic amines is 1. The fourth-order valence-electron chi connectivity index (χ4n) is 2.42. The van der Waals surface area contributed by atoms with Crippen LogP contribution in [0.1, 0.15) is 21.5 Å². The molecule has 0 spiro atoms. The number of thiocarbonyl (C=S) groups is 1. The van der Waals surface area contributed by atoms with E-state index in [2.05, 4.69) is 28.1 Å². The summed E-state index contributed by atoms with van der Waals surface area (Å²) in [5.41, 5.74) is 10.1. The summed E-state index contributed by atoms with van der Waals surface area (Å²) < 4.78 is 0. The number of H-pyrrole nitrogens is 1. The lowest BCUT2D eigenvalue weighted by molar-refractivity contribution is 0.0946. The third-order valence-corrected chi connectivity index (χ3v) is 4.09. The average Bonchev–Trinajstić information content (AvgIpc) is 3.00. The number of rotatable bonds is 2. The number of fused-ring (bicyclic) bond motifs is 1. The topological polar surface area (TPSA) is 68.9 Å². The van der Waals surface area contributed by atoms with Gasteiger partial charge in [0.25, 0.3) is 5.91 Å². The van der Waals surface area contributed by atoms with Crippen LogP contribution in [0.25, 0.3) is 10.9 Å². The number of aryl methyl sites for hydroxylation is 2. The smallest absolute Gasteiger partial charge is 0.271 e. The van der Waals surface area contributed by atoms with Gasteiger partial charge in [-0.1, -0.05) is 24.3 Å². The fraction of sp³-hybridized carbons (Fsp3) is 0.111. The number of para-hydroxylation sites is 1. The van der Waals surface area contributed by atoms with Gasteiger partial charge in [0.2, 0.25) is 0 Å². The number of aromatic nitrogens is 1. The van der Waals surface area contributed by atoms with Crippen molar-refractivity contribution in [1.82, 2.24) is 15.8 Å². The van der Waals surface area contributed by atoms with Crippen molar-refractivity contribution in [2.45, 2.75) is 13.8 Å². The minimum Gasteiger partial charge on any atom is -0.360 e. The van der Waals surface area contributed by atoms with Crippen molar-refractivity contribution in [2.24, 2.45) is 0 Å². The van der Waals surface area contributed by atoms with Crippen molar-refractivity contribution < 1.29 is 4.79 Å². The largest absolute Gasteiger partial charge is 0.360 e. The number of carbonyl (C=O) groups is 1. The SMILES string of the molecule is Cc1ccc(NC(=S)NNC(=O)c2c[nH]c3ccccc23)cc1C. The summed E-state index contributed by atoms with van der Waals surface area (Å²) in [6.07, 6.45) is 1.68. The van der Waals surface area contributed by atoms with Crippen LogP contribution in [0, 0.1) is 13.8 Å². The van der Waals surface area contributed by atoms with Crippen molar-refractivity contribution >= 4 is 39.8 Å². The van der Waals surface area contributed by atoms with Crippen LogP contribution in [0.2, 0.25) is 0 Å². The van der Waals surface area contributed by atoms with Gasteiger partial charge in [-0.15, -0.1) is 0 Å². The highest BCUT2D eigenvalue weighted by Crippen LogP contribution is 2.17. The molecule has 24 heavy (non-hydrogen) atoms. The van der Waals surface area contributed by atoms with E-state index in [1.54, 1.807) is 6.20 Å². The highest BCUT2D eigenvalue weighted by Gasteiger charge is 2.11. The Balaban J connectivity index is 1.61. The Bertz CT molecular complexity index is 916. The van der Waals surface area contributed by atoms with Crippen LogP contribution >= 0.6 is 12.2 Å². The zero-order valence-electron chi connectivity index (χ0n) is 13.4. The van der Waals surface area contributed by atoms with Gasteiger partial charge in [0, 0.05) is 22.8 Å². The maximum absolute atomic E-state index is 12.3. The highest BCUT2D eigenvalue weighted by atomic mass is 32.1. The number of carbonyl (C=O) groups excluding carboxylic acids is 1. The van der Waals surface area contributed by atoms with E-state index >= 15 is 0 Å². The van der Waals surface area contributed by atoms with Crippen molar-refractivity contribution in [3.8, 4) is 0 Å². The zero-order valence-corrected chi connectivity index (χ0v) is 14.3. The number of benzene rings is 2. The lowest BCUT2D eigenvalue weighted by Crippen LogP contribution is -2.43. The molecule has 0 radical (unpaired) electrons. The third-order valence-electron chi connectivity index (χ3n) is 3.89. The normalized spacial score (nSPS) is 10.4. The molecule has 0 saturated heterocycles. The molecule has 3 aromatic rings. The Labute approximate surface area is 145 Å². The summed E-state index contributed by atoms with van der Waals surface area (Å²) in [5.74, 6) is -0.253. The summed E-state index contributed by atoms with van der Waals surface area (Å²) in [6.45, 7) is 4.09. The Morgan fingerprint density at radius 3 is 2.62 bits per heavy atom. The third kappa shape index (κ3) is 3.38. The van der Waals surface area contributed by atoms with Gasteiger partial charge < -0.3 is 10.3 Å². The molecule has 2 aromatic carbocycles. The summed E-state index contributed by atoms with van der Waals surface area (Å²) >= 11 is 5.21. The predicted octanol–water partition coefficient (Wildman–Crippen LogP) is 3.42. The van der Waals surface area contributed by atoms with E-state index in [0.29, 0.717) is 10.7 Å². The lowest BCUT2D eigenvalue weighted by Gasteiger charge is -2.12. The molecule has 0 aliphatic rings. The van der Waals surface area contributed by atoms with Gasteiger partial charge in [0.1, 0.15) is 0 Å². The number of hydrogen-bond donors (Lipinski definition) is 4. The van der Waals surface area contributed by atoms with E-state index in [1.807, 2.05) is 49.4 Å². The molecule has 6 heteroatoms. The van der Waals surface area contributed by atoms with Crippen molar-refractivity contribution in [3.05, 3.63) is 65.4 Å². The molecular weight excluding hydrogens is 320 g/mol. The molecule has 0 unspecified atom stereocenters. The molecule has 0 fully saturated rings. The minimum atomic E-state index is -0.253. The maximum atomic E-state index is 12.3. The molecule has 1 aromatic heterocycles. The second kappa shape index (κ2) is 6.72. The highest BCUT2D eigenvalue weighted by molar-refractivity contribution is 7.80. The van der Waals surface area contributed by atoms with Gasteiger partial charge in [-0.05, 0) is 55.4 Å². The van der Waals surface area contributed by atoms with E-state index < -0.39 is 0 Å². The molecule has 1 heterocycles. The molecule has 4 N–H and O–H groups in total. The average molecular weight is 338 g/mol. The maximum Gasteiger partial charge on any atom is 0.271 e. The van der Waals surface area contributed by atoms with Crippen LogP contribution < -0.4 is 16.2 Å². The van der Waals surface area contributed by atoms with E-state index in [-0.39, 0.29) is 5.91 Å². The first kappa shape index (κ1) is 16.0. The molecule has 1 amide bonds. The van der Waals surface area contributed by atoms with Crippen LogP contribution in [0.15, 0.2) is 48.7 Å². The van der Waals surface area contributed by atoms with Crippen molar-refractivity contribution in [3.63, 3.8) is 0 Å². The van der Waals surface area contributed by atoms with Crippen LogP contribution in [-0.2, 0) is 0 Å². The molecular formula is C18H18N4OS. The molecule has 0 saturated carbocycles. The van der Waals surface area contributed by atoms with Crippen molar-refractivity contribution in [1.29, 1.82) is 0 Å². The number of amides is 1. The number of hydrogen-bond acceptors (Lipinski definition) is 2. The molecule has 5 nitrogen and oxygen atoms in total. The number of anilines is 1. The van der Waals surface area contributed by atoms with Gasteiger partial charge in [0.05, 0.1) is 5.56 Å². The number of hydrazine groups is 1. The van der Waals surface area contributed by atoms with Gasteiger partial charge in [-0.25, -0.2) is 0 Å². The van der Waals surface area contributed by atoms with Crippen LogP contribution in [-0.4, -0.2) is 16.0 Å². The van der Waals surface area contributed by atoms with Crippen LogP contribution in [0.5, 0.6) is 0 Å². The van der Waals surface area contributed by atoms with E-state index in [4.69, 9.17) is 12.2 Å². The van der Waals surface area contributed by atoms with Gasteiger partial charge >= 0.3 is 0 Å². The first-order chi connectivity index (χ1) is 11.5. The monoisotopic (exact) mass is 338 g/mol. The summed E-state index contributed by atoms with van der Waals surface area (Å²) in [5, 5.41) is 4.24. The van der Waals surface area contributed by atoms with E-state index in [9.17, 15) is 4.79 Å². The fourth-order valence-corrected chi connectivity index (χ4v) is 2.59. The Morgan fingerprint density at radius 1 is 1.04 bits per heavy atom.